The summed E-state index contributed by atoms with van der Waals surface area (Å²) in [5.41, 5.74) is 1.41. The fourth-order valence-corrected chi connectivity index (χ4v) is 3.57. The lowest BCUT2D eigenvalue weighted by Crippen LogP contribution is -2.27. The molecule has 3 rings (SSSR count). The molecule has 0 bridgehead atoms. The maximum Gasteiger partial charge on any atom is 0.293 e. The topological polar surface area (TPSA) is 55.8 Å². The van der Waals surface area contributed by atoms with Crippen molar-refractivity contribution in [3.63, 3.8) is 0 Å². The number of carbonyl (C=O) groups is 2. The molecular formula is C22H22FNO4S. The molecule has 7 heteroatoms. The molecule has 1 saturated heterocycles. The van der Waals surface area contributed by atoms with E-state index in [9.17, 15) is 14.0 Å². The predicted octanol–water partition coefficient (Wildman–Crippen LogP) is 5.25. The summed E-state index contributed by atoms with van der Waals surface area (Å²) in [7, 11) is 1.55. The van der Waals surface area contributed by atoms with Gasteiger partial charge in [-0.3, -0.25) is 14.5 Å². The van der Waals surface area contributed by atoms with E-state index in [0.717, 1.165) is 28.6 Å². The van der Waals surface area contributed by atoms with Gasteiger partial charge in [-0.1, -0.05) is 25.1 Å². The number of carbonyl (C=O) groups excluding carboxylic acids is 2. The molecule has 2 aromatic rings. The summed E-state index contributed by atoms with van der Waals surface area (Å²) in [5, 5.41) is -0.353. The minimum atomic E-state index is -0.372. The lowest BCUT2D eigenvalue weighted by molar-refractivity contribution is -0.123. The lowest BCUT2D eigenvalue weighted by atomic mass is 10.1. The molecule has 0 unspecified atom stereocenters. The molecule has 0 radical (unpaired) electrons. The Labute approximate surface area is 173 Å². The van der Waals surface area contributed by atoms with E-state index in [1.807, 2.05) is 19.9 Å². The van der Waals surface area contributed by atoms with Crippen LogP contribution in [-0.4, -0.2) is 29.3 Å². The summed E-state index contributed by atoms with van der Waals surface area (Å²) in [6.07, 6.45) is 2.58. The van der Waals surface area contributed by atoms with Crippen molar-refractivity contribution in [2.24, 2.45) is 0 Å². The van der Waals surface area contributed by atoms with Gasteiger partial charge in [0.15, 0.2) is 11.5 Å². The van der Waals surface area contributed by atoms with Crippen molar-refractivity contribution in [2.75, 3.05) is 7.11 Å². The van der Waals surface area contributed by atoms with Gasteiger partial charge in [0.1, 0.15) is 5.82 Å². The number of hydrogen-bond acceptors (Lipinski definition) is 5. The van der Waals surface area contributed by atoms with Crippen molar-refractivity contribution in [3.05, 3.63) is 64.3 Å². The summed E-state index contributed by atoms with van der Waals surface area (Å²) in [4.78, 5) is 26.5. The van der Waals surface area contributed by atoms with Gasteiger partial charge in [0.2, 0.25) is 0 Å². The maximum absolute atomic E-state index is 13.1. The molecule has 2 aromatic carbocycles. The molecule has 5 nitrogen and oxygen atoms in total. The highest BCUT2D eigenvalue weighted by Crippen LogP contribution is 2.35. The second kappa shape index (κ2) is 9.13. The number of hydrogen-bond donors (Lipinski definition) is 0. The number of nitrogens with zero attached hydrogens (tertiary/aromatic N) is 1. The molecule has 1 aliphatic rings. The predicted molar refractivity (Wildman–Crippen MR) is 111 cm³/mol. The van der Waals surface area contributed by atoms with Gasteiger partial charge in [-0.05, 0) is 66.6 Å². The highest BCUT2D eigenvalue weighted by molar-refractivity contribution is 8.18. The quantitative estimate of drug-likeness (QED) is 0.578. The SMILES string of the molecule is CC[C@@H](C)Oc1ccc(/C=C2\SC(=O)N(Cc3ccc(F)cc3)C2=O)cc1OC. The van der Waals surface area contributed by atoms with Gasteiger partial charge in [0, 0.05) is 0 Å². The number of halogens is 1. The standard InChI is InChI=1S/C22H22FNO4S/c1-4-14(2)28-18-10-7-16(11-19(18)27-3)12-20-21(25)24(22(26)29-20)13-15-5-8-17(23)9-6-15/h5-12,14H,4,13H2,1-3H3/b20-12-/t14-/m1/s1. The Bertz CT molecular complexity index is 942. The Morgan fingerprint density at radius 1 is 1.14 bits per heavy atom. The smallest absolute Gasteiger partial charge is 0.293 e. The highest BCUT2D eigenvalue weighted by Gasteiger charge is 2.35. The fraction of sp³-hybridized carbons (Fsp3) is 0.273. The van der Waals surface area contributed by atoms with E-state index in [-0.39, 0.29) is 29.6 Å². The molecule has 0 N–H and O–H groups in total. The number of rotatable bonds is 7. The van der Waals surface area contributed by atoms with Crippen LogP contribution < -0.4 is 9.47 Å². The van der Waals surface area contributed by atoms with Crippen LogP contribution in [0.2, 0.25) is 0 Å². The number of benzene rings is 2. The van der Waals surface area contributed by atoms with Crippen LogP contribution in [0.25, 0.3) is 6.08 Å². The van der Waals surface area contributed by atoms with Crippen molar-refractivity contribution in [1.82, 2.24) is 4.90 Å². The van der Waals surface area contributed by atoms with Crippen molar-refractivity contribution in [2.45, 2.75) is 32.9 Å². The summed E-state index contributed by atoms with van der Waals surface area (Å²) < 4.78 is 24.3. The second-order valence-corrected chi connectivity index (χ2v) is 7.63. The average Bonchev–Trinajstić information content (AvgIpc) is 2.97. The molecule has 0 spiro atoms. The van der Waals surface area contributed by atoms with Crippen LogP contribution in [0.4, 0.5) is 9.18 Å². The first-order valence-electron chi connectivity index (χ1n) is 9.25. The maximum atomic E-state index is 13.1. The molecule has 0 aromatic heterocycles. The van der Waals surface area contributed by atoms with E-state index in [4.69, 9.17) is 9.47 Å². The van der Waals surface area contributed by atoms with E-state index < -0.39 is 0 Å². The van der Waals surface area contributed by atoms with E-state index in [0.29, 0.717) is 22.0 Å². The van der Waals surface area contributed by atoms with E-state index >= 15 is 0 Å². The van der Waals surface area contributed by atoms with E-state index in [2.05, 4.69) is 0 Å². The van der Waals surface area contributed by atoms with E-state index in [1.54, 1.807) is 37.5 Å². The van der Waals surface area contributed by atoms with Gasteiger partial charge in [-0.25, -0.2) is 4.39 Å². The van der Waals surface area contributed by atoms with Gasteiger partial charge < -0.3 is 9.47 Å². The number of thioether (sulfide) groups is 1. The van der Waals surface area contributed by atoms with Crippen LogP contribution in [0, 0.1) is 5.82 Å². The first-order valence-corrected chi connectivity index (χ1v) is 10.1. The molecular weight excluding hydrogens is 393 g/mol. The Morgan fingerprint density at radius 2 is 1.86 bits per heavy atom. The van der Waals surface area contributed by atoms with Crippen LogP contribution in [0.1, 0.15) is 31.4 Å². The molecule has 1 fully saturated rings. The van der Waals surface area contributed by atoms with Crippen LogP contribution in [-0.2, 0) is 11.3 Å². The summed E-state index contributed by atoms with van der Waals surface area (Å²) in [5.74, 6) is 0.453. The Kier molecular flexibility index (Phi) is 6.59. The van der Waals surface area contributed by atoms with Gasteiger partial charge in [0.25, 0.3) is 11.1 Å². The molecule has 0 saturated carbocycles. The Hall–Kier alpha value is -2.80. The second-order valence-electron chi connectivity index (χ2n) is 6.64. The zero-order chi connectivity index (χ0) is 21.0. The molecule has 152 valence electrons. The monoisotopic (exact) mass is 415 g/mol. The van der Waals surface area contributed by atoms with Gasteiger partial charge >= 0.3 is 0 Å². The molecule has 2 amide bonds. The van der Waals surface area contributed by atoms with Gasteiger partial charge in [-0.15, -0.1) is 0 Å². The van der Waals surface area contributed by atoms with Crippen LogP contribution >= 0.6 is 11.8 Å². The minimum Gasteiger partial charge on any atom is -0.493 e. The normalized spacial score (nSPS) is 16.4. The first-order chi connectivity index (χ1) is 13.9. The summed E-state index contributed by atoms with van der Waals surface area (Å²) in [6, 6.07) is 11.1. The average molecular weight is 415 g/mol. The third-order valence-electron chi connectivity index (χ3n) is 4.52. The number of methoxy groups -OCH3 is 1. The van der Waals surface area contributed by atoms with Crippen LogP contribution in [0.15, 0.2) is 47.4 Å². The number of imide groups is 1. The lowest BCUT2D eigenvalue weighted by Gasteiger charge is -2.15. The third kappa shape index (κ3) is 4.98. The number of amides is 2. The van der Waals surface area contributed by atoms with Crippen LogP contribution in [0.3, 0.4) is 0 Å². The number of ether oxygens (including phenoxy) is 2. The molecule has 0 aliphatic carbocycles. The molecule has 29 heavy (non-hydrogen) atoms. The van der Waals surface area contributed by atoms with Crippen molar-refractivity contribution in [1.29, 1.82) is 0 Å². The van der Waals surface area contributed by atoms with Gasteiger partial charge in [-0.2, -0.15) is 0 Å². The molecule has 1 heterocycles. The van der Waals surface area contributed by atoms with E-state index in [1.165, 1.54) is 12.1 Å². The molecule has 1 atom stereocenters. The zero-order valence-electron chi connectivity index (χ0n) is 16.5. The van der Waals surface area contributed by atoms with Crippen LogP contribution in [0.5, 0.6) is 11.5 Å². The minimum absolute atomic E-state index is 0.0534. The first kappa shape index (κ1) is 20.9. The summed E-state index contributed by atoms with van der Waals surface area (Å²) >= 11 is 0.883. The molecule has 1 aliphatic heterocycles. The van der Waals surface area contributed by atoms with Crippen molar-refractivity contribution >= 4 is 29.0 Å². The Balaban J connectivity index is 1.79. The fourth-order valence-electron chi connectivity index (χ4n) is 2.73. The third-order valence-corrected chi connectivity index (χ3v) is 5.42. The zero-order valence-corrected chi connectivity index (χ0v) is 17.3. The highest BCUT2D eigenvalue weighted by atomic mass is 32.2. The largest absolute Gasteiger partial charge is 0.493 e. The van der Waals surface area contributed by atoms with Gasteiger partial charge in [0.05, 0.1) is 24.7 Å². The van der Waals surface area contributed by atoms with Crippen molar-refractivity contribution in [3.8, 4) is 11.5 Å². The van der Waals surface area contributed by atoms with Crippen molar-refractivity contribution < 1.29 is 23.5 Å². The summed E-state index contributed by atoms with van der Waals surface area (Å²) in [6.45, 7) is 4.12. The Morgan fingerprint density at radius 3 is 2.52 bits per heavy atom.